The standard InChI is InChI=1S/C17H29N3O2/c1-3-5-6-13(4-2)11-19-16(21)15-12-22-17(20-15)14-7-9-18-10-8-14/h12-14,18H,3-11H2,1-2H3,(H,19,21). The summed E-state index contributed by atoms with van der Waals surface area (Å²) in [6, 6.07) is 0. The van der Waals surface area contributed by atoms with Crippen LogP contribution >= 0.6 is 0 Å². The van der Waals surface area contributed by atoms with Crippen molar-refractivity contribution in [3.05, 3.63) is 17.8 Å². The van der Waals surface area contributed by atoms with Gasteiger partial charge in [0.15, 0.2) is 11.6 Å². The molecular weight excluding hydrogens is 278 g/mol. The summed E-state index contributed by atoms with van der Waals surface area (Å²) in [5.41, 5.74) is 0.416. The van der Waals surface area contributed by atoms with Gasteiger partial charge in [-0.05, 0) is 38.3 Å². The molecule has 5 heteroatoms. The Kier molecular flexibility index (Phi) is 6.90. The third-order valence-electron chi connectivity index (χ3n) is 4.54. The van der Waals surface area contributed by atoms with Gasteiger partial charge in [-0.1, -0.05) is 33.1 Å². The highest BCUT2D eigenvalue weighted by Gasteiger charge is 2.22. The van der Waals surface area contributed by atoms with Gasteiger partial charge < -0.3 is 15.1 Å². The van der Waals surface area contributed by atoms with Crippen LogP contribution in [-0.4, -0.2) is 30.5 Å². The van der Waals surface area contributed by atoms with E-state index in [1.165, 1.54) is 25.5 Å². The number of piperidine rings is 1. The molecule has 0 radical (unpaired) electrons. The summed E-state index contributed by atoms with van der Waals surface area (Å²) in [5, 5.41) is 6.32. The first-order chi connectivity index (χ1) is 10.7. The molecule has 2 heterocycles. The van der Waals surface area contributed by atoms with Gasteiger partial charge in [-0.15, -0.1) is 0 Å². The number of hydrogen-bond donors (Lipinski definition) is 2. The number of rotatable bonds is 8. The van der Waals surface area contributed by atoms with Gasteiger partial charge in [0.25, 0.3) is 5.91 Å². The van der Waals surface area contributed by atoms with E-state index in [-0.39, 0.29) is 5.91 Å². The minimum atomic E-state index is -0.112. The van der Waals surface area contributed by atoms with Crippen molar-refractivity contribution in [2.75, 3.05) is 19.6 Å². The number of aromatic nitrogens is 1. The van der Waals surface area contributed by atoms with Crippen molar-refractivity contribution in [2.24, 2.45) is 5.92 Å². The molecule has 1 amide bonds. The lowest BCUT2D eigenvalue weighted by Crippen LogP contribution is -2.29. The fourth-order valence-corrected chi connectivity index (χ4v) is 2.92. The maximum Gasteiger partial charge on any atom is 0.273 e. The van der Waals surface area contributed by atoms with Crippen LogP contribution in [0.2, 0.25) is 0 Å². The van der Waals surface area contributed by atoms with Crippen LogP contribution in [0.3, 0.4) is 0 Å². The monoisotopic (exact) mass is 307 g/mol. The Morgan fingerprint density at radius 3 is 2.91 bits per heavy atom. The van der Waals surface area contributed by atoms with E-state index in [9.17, 15) is 4.79 Å². The highest BCUT2D eigenvalue weighted by atomic mass is 16.3. The van der Waals surface area contributed by atoms with Gasteiger partial charge >= 0.3 is 0 Å². The van der Waals surface area contributed by atoms with Gasteiger partial charge in [0.1, 0.15) is 6.26 Å². The second-order valence-electron chi connectivity index (χ2n) is 6.22. The number of amides is 1. The zero-order chi connectivity index (χ0) is 15.8. The fourth-order valence-electron chi connectivity index (χ4n) is 2.92. The van der Waals surface area contributed by atoms with Crippen molar-refractivity contribution in [3.8, 4) is 0 Å². The third-order valence-corrected chi connectivity index (χ3v) is 4.54. The van der Waals surface area contributed by atoms with Gasteiger partial charge in [-0.25, -0.2) is 4.98 Å². The molecule has 1 aliphatic rings. The highest BCUT2D eigenvalue weighted by Crippen LogP contribution is 2.24. The second kappa shape index (κ2) is 8.93. The fraction of sp³-hybridized carbons (Fsp3) is 0.765. The number of nitrogens with one attached hydrogen (secondary N) is 2. The number of carbonyl (C=O) groups is 1. The van der Waals surface area contributed by atoms with Crippen LogP contribution in [0.15, 0.2) is 10.7 Å². The Morgan fingerprint density at radius 1 is 1.45 bits per heavy atom. The van der Waals surface area contributed by atoms with E-state index >= 15 is 0 Å². The number of hydrogen-bond acceptors (Lipinski definition) is 4. The van der Waals surface area contributed by atoms with Crippen molar-refractivity contribution in [1.29, 1.82) is 0 Å². The summed E-state index contributed by atoms with van der Waals surface area (Å²) < 4.78 is 5.52. The van der Waals surface area contributed by atoms with Crippen LogP contribution in [-0.2, 0) is 0 Å². The minimum absolute atomic E-state index is 0.112. The van der Waals surface area contributed by atoms with Gasteiger partial charge in [0.05, 0.1) is 0 Å². The predicted molar refractivity (Wildman–Crippen MR) is 87.0 cm³/mol. The molecule has 0 spiro atoms. The van der Waals surface area contributed by atoms with Crippen molar-refractivity contribution in [1.82, 2.24) is 15.6 Å². The quantitative estimate of drug-likeness (QED) is 0.774. The van der Waals surface area contributed by atoms with Crippen LogP contribution in [0, 0.1) is 5.92 Å². The summed E-state index contributed by atoms with van der Waals surface area (Å²) in [7, 11) is 0. The van der Waals surface area contributed by atoms with Crippen molar-refractivity contribution >= 4 is 5.91 Å². The molecule has 0 bridgehead atoms. The molecule has 2 rings (SSSR count). The smallest absolute Gasteiger partial charge is 0.273 e. The summed E-state index contributed by atoms with van der Waals surface area (Å²) in [4.78, 5) is 16.6. The Morgan fingerprint density at radius 2 is 2.23 bits per heavy atom. The molecule has 2 N–H and O–H groups in total. The molecule has 5 nitrogen and oxygen atoms in total. The van der Waals surface area contributed by atoms with E-state index < -0.39 is 0 Å². The van der Waals surface area contributed by atoms with Crippen molar-refractivity contribution < 1.29 is 9.21 Å². The third kappa shape index (κ3) is 4.83. The van der Waals surface area contributed by atoms with Gasteiger partial charge in [0, 0.05) is 12.5 Å². The van der Waals surface area contributed by atoms with Gasteiger partial charge in [0.2, 0.25) is 0 Å². The predicted octanol–water partition coefficient (Wildman–Crippen LogP) is 3.09. The first kappa shape index (κ1) is 17.0. The lowest BCUT2D eigenvalue weighted by atomic mass is 9.98. The van der Waals surface area contributed by atoms with Crippen LogP contribution < -0.4 is 10.6 Å². The van der Waals surface area contributed by atoms with Crippen LogP contribution in [0.5, 0.6) is 0 Å². The Hall–Kier alpha value is -1.36. The molecule has 22 heavy (non-hydrogen) atoms. The summed E-state index contributed by atoms with van der Waals surface area (Å²) in [6.45, 7) is 7.08. The summed E-state index contributed by atoms with van der Waals surface area (Å²) >= 11 is 0. The van der Waals surface area contributed by atoms with Crippen molar-refractivity contribution in [3.63, 3.8) is 0 Å². The second-order valence-corrected chi connectivity index (χ2v) is 6.22. The number of nitrogens with zero attached hydrogens (tertiary/aromatic N) is 1. The molecule has 1 saturated heterocycles. The SMILES string of the molecule is CCCCC(CC)CNC(=O)c1coc(C2CCNCC2)n1. The summed E-state index contributed by atoms with van der Waals surface area (Å²) in [5.74, 6) is 1.50. The first-order valence-electron chi connectivity index (χ1n) is 8.68. The van der Waals surface area contributed by atoms with Crippen LogP contribution in [0.4, 0.5) is 0 Å². The molecule has 0 aromatic carbocycles. The van der Waals surface area contributed by atoms with E-state index in [0.717, 1.165) is 38.9 Å². The molecule has 0 aliphatic carbocycles. The molecule has 1 unspecified atom stereocenters. The van der Waals surface area contributed by atoms with Crippen molar-refractivity contribution in [2.45, 2.75) is 58.3 Å². The molecular formula is C17H29N3O2. The van der Waals surface area contributed by atoms with E-state index in [1.807, 2.05) is 0 Å². The number of unbranched alkanes of at least 4 members (excludes halogenated alkanes) is 1. The molecule has 0 saturated carbocycles. The maximum absolute atomic E-state index is 12.2. The van der Waals surface area contributed by atoms with E-state index in [1.54, 1.807) is 0 Å². The zero-order valence-corrected chi connectivity index (χ0v) is 13.9. The van der Waals surface area contributed by atoms with Gasteiger partial charge in [-0.3, -0.25) is 4.79 Å². The molecule has 1 aliphatic heterocycles. The largest absolute Gasteiger partial charge is 0.448 e. The average molecular weight is 307 g/mol. The van der Waals surface area contributed by atoms with E-state index in [4.69, 9.17) is 4.42 Å². The summed E-state index contributed by atoms with van der Waals surface area (Å²) in [6.07, 6.45) is 8.24. The Balaban J connectivity index is 1.83. The minimum Gasteiger partial charge on any atom is -0.448 e. The lowest BCUT2D eigenvalue weighted by molar-refractivity contribution is 0.0940. The topological polar surface area (TPSA) is 67.2 Å². The Labute approximate surface area is 133 Å². The molecule has 1 fully saturated rings. The number of oxazole rings is 1. The molecule has 124 valence electrons. The van der Waals surface area contributed by atoms with Crippen LogP contribution in [0.25, 0.3) is 0 Å². The molecule has 1 aromatic rings. The van der Waals surface area contributed by atoms with Gasteiger partial charge in [-0.2, -0.15) is 0 Å². The number of carbonyl (C=O) groups excluding carboxylic acids is 1. The maximum atomic E-state index is 12.2. The van der Waals surface area contributed by atoms with Crippen LogP contribution in [0.1, 0.15) is 74.7 Å². The first-order valence-corrected chi connectivity index (χ1v) is 8.68. The zero-order valence-electron chi connectivity index (χ0n) is 13.9. The molecule has 1 aromatic heterocycles. The normalized spacial score (nSPS) is 17.4. The Bertz CT molecular complexity index is 453. The van der Waals surface area contributed by atoms with E-state index in [0.29, 0.717) is 23.4 Å². The molecule has 1 atom stereocenters. The lowest BCUT2D eigenvalue weighted by Gasteiger charge is -2.19. The average Bonchev–Trinajstić information content (AvgIpc) is 3.06. The van der Waals surface area contributed by atoms with E-state index in [2.05, 4.69) is 29.5 Å². The highest BCUT2D eigenvalue weighted by molar-refractivity contribution is 5.91.